The Kier molecular flexibility index (Phi) is 9.01. The highest BCUT2D eigenvalue weighted by molar-refractivity contribution is 5.89. The van der Waals surface area contributed by atoms with Gasteiger partial charge in [-0.15, -0.1) is 0 Å². The van der Waals surface area contributed by atoms with Crippen molar-refractivity contribution in [3.63, 3.8) is 0 Å². The molecule has 0 aliphatic heterocycles. The number of amides is 1. The summed E-state index contributed by atoms with van der Waals surface area (Å²) in [7, 11) is 0. The molecule has 0 aromatic heterocycles. The van der Waals surface area contributed by atoms with Crippen molar-refractivity contribution < 1.29 is 14.3 Å². The van der Waals surface area contributed by atoms with E-state index >= 15 is 0 Å². The highest BCUT2D eigenvalue weighted by atomic mass is 16.5. The number of benzene rings is 1. The number of ether oxygens (including phenoxy) is 1. The van der Waals surface area contributed by atoms with Gasteiger partial charge in [-0.2, -0.15) is 0 Å². The molecule has 32 heavy (non-hydrogen) atoms. The fraction of sp³-hybridized carbons (Fsp3) is 0.357. The van der Waals surface area contributed by atoms with E-state index in [1.165, 1.54) is 43.4 Å². The number of nitrogens with one attached hydrogen (secondary N) is 1. The first-order valence-electron chi connectivity index (χ1n) is 11.1. The van der Waals surface area contributed by atoms with Crippen LogP contribution in [-0.4, -0.2) is 11.9 Å². The van der Waals surface area contributed by atoms with Crippen molar-refractivity contribution in [2.24, 2.45) is 5.41 Å². The summed E-state index contributed by atoms with van der Waals surface area (Å²) < 4.78 is 5.31. The van der Waals surface area contributed by atoms with Gasteiger partial charge in [0.1, 0.15) is 5.75 Å². The molecule has 0 radical (unpaired) electrons. The van der Waals surface area contributed by atoms with Crippen LogP contribution in [0.3, 0.4) is 0 Å². The molecule has 0 atom stereocenters. The maximum absolute atomic E-state index is 12.1. The van der Waals surface area contributed by atoms with Gasteiger partial charge in [0.25, 0.3) is 0 Å². The minimum Gasteiger partial charge on any atom is -0.423 e. The van der Waals surface area contributed by atoms with Gasteiger partial charge in [0.2, 0.25) is 5.91 Å². The smallest absolute Gasteiger partial charge is 0.336 e. The van der Waals surface area contributed by atoms with Crippen molar-refractivity contribution in [1.82, 2.24) is 0 Å². The number of hydrogen-bond acceptors (Lipinski definition) is 3. The molecule has 0 spiro atoms. The summed E-state index contributed by atoms with van der Waals surface area (Å²) in [5, 5.41) is 2.67. The Morgan fingerprint density at radius 2 is 1.72 bits per heavy atom. The molecule has 1 aliphatic carbocycles. The van der Waals surface area contributed by atoms with Gasteiger partial charge in [-0.25, -0.2) is 4.79 Å². The molecule has 0 unspecified atom stereocenters. The molecule has 0 heterocycles. The SMILES string of the molecule is CC(=O)Nc1ccc(OC(=O)C=C(C)C=CC=C(C)C=CC2=C(C)CCCC2(C)C)cc1. The number of anilines is 1. The van der Waals surface area contributed by atoms with Gasteiger partial charge in [0, 0.05) is 18.7 Å². The summed E-state index contributed by atoms with van der Waals surface area (Å²) in [6.45, 7) is 12.2. The quantitative estimate of drug-likeness (QED) is 0.216. The van der Waals surface area contributed by atoms with Crippen molar-refractivity contribution >= 4 is 17.6 Å². The van der Waals surface area contributed by atoms with E-state index in [0.717, 1.165) is 11.1 Å². The van der Waals surface area contributed by atoms with Crippen LogP contribution in [0.2, 0.25) is 0 Å². The third-order valence-electron chi connectivity index (χ3n) is 5.51. The molecule has 1 aromatic carbocycles. The average molecular weight is 434 g/mol. The summed E-state index contributed by atoms with van der Waals surface area (Å²) in [5.41, 5.74) is 5.77. The molecule has 0 fully saturated rings. The van der Waals surface area contributed by atoms with Gasteiger partial charge in [-0.1, -0.05) is 55.4 Å². The zero-order valence-electron chi connectivity index (χ0n) is 20.1. The monoisotopic (exact) mass is 433 g/mol. The molecule has 1 aromatic rings. The summed E-state index contributed by atoms with van der Waals surface area (Å²) in [4.78, 5) is 23.2. The van der Waals surface area contributed by atoms with Crippen molar-refractivity contribution in [2.45, 2.75) is 60.8 Å². The predicted octanol–water partition coefficient (Wildman–Crippen LogP) is 7.08. The lowest BCUT2D eigenvalue weighted by molar-refractivity contribution is -0.129. The van der Waals surface area contributed by atoms with E-state index in [9.17, 15) is 9.59 Å². The molecule has 0 bridgehead atoms. The Hall–Kier alpha value is -3.14. The number of rotatable bonds is 7. The summed E-state index contributed by atoms with van der Waals surface area (Å²) >= 11 is 0. The lowest BCUT2D eigenvalue weighted by atomic mass is 9.72. The molecule has 0 saturated carbocycles. The largest absolute Gasteiger partial charge is 0.423 e. The van der Waals surface area contributed by atoms with E-state index in [1.54, 1.807) is 24.3 Å². The van der Waals surface area contributed by atoms with Crippen molar-refractivity contribution in [3.05, 3.63) is 83.0 Å². The van der Waals surface area contributed by atoms with Crippen LogP contribution in [0.15, 0.2) is 83.0 Å². The van der Waals surface area contributed by atoms with Crippen LogP contribution < -0.4 is 10.1 Å². The number of esters is 1. The Labute approximate surface area is 192 Å². The van der Waals surface area contributed by atoms with Crippen molar-refractivity contribution in [1.29, 1.82) is 0 Å². The second kappa shape index (κ2) is 11.5. The van der Waals surface area contributed by atoms with Crippen LogP contribution in [0.25, 0.3) is 0 Å². The van der Waals surface area contributed by atoms with Crippen LogP contribution in [0.1, 0.15) is 60.8 Å². The van der Waals surface area contributed by atoms with Gasteiger partial charge in [0.15, 0.2) is 0 Å². The predicted molar refractivity (Wildman–Crippen MR) is 133 cm³/mol. The van der Waals surface area contributed by atoms with Crippen molar-refractivity contribution in [2.75, 3.05) is 5.32 Å². The molecule has 4 heteroatoms. The standard InChI is InChI=1S/C28H35NO3/c1-20(12-17-26-22(3)11-8-18-28(26,5)6)9-7-10-21(2)19-27(31)32-25-15-13-24(14-16-25)29-23(4)30/h7,9-10,12-17,19H,8,11,18H2,1-6H3,(H,29,30). The van der Waals surface area contributed by atoms with E-state index in [4.69, 9.17) is 4.74 Å². The molecule has 1 aliphatic rings. The van der Waals surface area contributed by atoms with Gasteiger partial charge >= 0.3 is 5.97 Å². The fourth-order valence-electron chi connectivity index (χ4n) is 3.82. The molecule has 1 amide bonds. The van der Waals surface area contributed by atoms with Gasteiger partial charge < -0.3 is 10.1 Å². The molecule has 0 saturated heterocycles. The van der Waals surface area contributed by atoms with E-state index in [-0.39, 0.29) is 11.3 Å². The highest BCUT2D eigenvalue weighted by Crippen LogP contribution is 2.40. The lowest BCUT2D eigenvalue weighted by Gasteiger charge is -2.32. The second-order valence-corrected chi connectivity index (χ2v) is 9.05. The minimum atomic E-state index is -0.443. The maximum Gasteiger partial charge on any atom is 0.336 e. The van der Waals surface area contributed by atoms with Gasteiger partial charge in [-0.3, -0.25) is 4.79 Å². The van der Waals surface area contributed by atoms with Crippen LogP contribution in [0.5, 0.6) is 5.75 Å². The van der Waals surface area contributed by atoms with Gasteiger partial charge in [0.05, 0.1) is 0 Å². The third-order valence-corrected chi connectivity index (χ3v) is 5.51. The number of hydrogen-bond donors (Lipinski definition) is 1. The summed E-state index contributed by atoms with van der Waals surface area (Å²) in [5.74, 6) is -0.167. The van der Waals surface area contributed by atoms with E-state index in [1.807, 2.05) is 25.2 Å². The molecule has 1 N–H and O–H groups in total. The van der Waals surface area contributed by atoms with Crippen LogP contribution in [-0.2, 0) is 9.59 Å². The Balaban J connectivity index is 1.93. The average Bonchev–Trinajstić information content (AvgIpc) is 2.68. The van der Waals surface area contributed by atoms with Crippen LogP contribution >= 0.6 is 0 Å². The van der Waals surface area contributed by atoms with E-state index in [0.29, 0.717) is 11.4 Å². The Bertz CT molecular complexity index is 986. The van der Waals surface area contributed by atoms with Crippen molar-refractivity contribution in [3.8, 4) is 5.75 Å². The van der Waals surface area contributed by atoms with Crippen LogP contribution in [0.4, 0.5) is 5.69 Å². The summed E-state index contributed by atoms with van der Waals surface area (Å²) in [6, 6.07) is 6.66. The first-order chi connectivity index (χ1) is 15.1. The Morgan fingerprint density at radius 1 is 1.03 bits per heavy atom. The van der Waals surface area contributed by atoms with Gasteiger partial charge in [-0.05, 0) is 80.9 Å². The second-order valence-electron chi connectivity index (χ2n) is 9.05. The van der Waals surface area contributed by atoms with Crippen LogP contribution in [0, 0.1) is 5.41 Å². The fourth-order valence-corrected chi connectivity index (χ4v) is 3.82. The van der Waals surface area contributed by atoms with E-state index in [2.05, 4.69) is 45.2 Å². The molecule has 2 rings (SSSR count). The Morgan fingerprint density at radius 3 is 2.34 bits per heavy atom. The first kappa shape index (κ1) is 25.1. The molecule has 170 valence electrons. The normalized spacial score (nSPS) is 17.2. The minimum absolute atomic E-state index is 0.148. The number of allylic oxidation sites excluding steroid dienone is 9. The molecular formula is C28H35NO3. The lowest BCUT2D eigenvalue weighted by Crippen LogP contribution is -2.19. The molecule has 4 nitrogen and oxygen atoms in total. The van der Waals surface area contributed by atoms with E-state index < -0.39 is 5.97 Å². The first-order valence-corrected chi connectivity index (χ1v) is 11.1. The zero-order valence-corrected chi connectivity index (χ0v) is 20.1. The maximum atomic E-state index is 12.1. The number of carbonyl (C=O) groups excluding carboxylic acids is 2. The topological polar surface area (TPSA) is 55.4 Å². The summed E-state index contributed by atoms with van der Waals surface area (Å²) in [6.07, 6.45) is 15.4. The zero-order chi connectivity index (χ0) is 23.7. The molecular weight excluding hydrogens is 398 g/mol. The highest BCUT2D eigenvalue weighted by Gasteiger charge is 2.26. The number of carbonyl (C=O) groups is 2. The third kappa shape index (κ3) is 8.18.